The summed E-state index contributed by atoms with van der Waals surface area (Å²) in [5.74, 6) is -2.66. The maximum atomic E-state index is 12.5. The number of hydrogen-bond acceptors (Lipinski definition) is 3. The Morgan fingerprint density at radius 2 is 1.86 bits per heavy atom. The highest BCUT2D eigenvalue weighted by Crippen LogP contribution is 2.26. The first-order valence-electron chi connectivity index (χ1n) is 6.27. The van der Waals surface area contributed by atoms with Crippen molar-refractivity contribution in [2.24, 2.45) is 0 Å². The molecule has 5 nitrogen and oxygen atoms in total. The molecule has 8 heteroatoms. The summed E-state index contributed by atoms with van der Waals surface area (Å²) >= 11 is 0. The fourth-order valence-electron chi connectivity index (χ4n) is 2.22. The van der Waals surface area contributed by atoms with Crippen molar-refractivity contribution in [2.45, 2.75) is 25.1 Å². The highest BCUT2D eigenvalue weighted by molar-refractivity contribution is 5.98. The van der Waals surface area contributed by atoms with Gasteiger partial charge in [0, 0.05) is 12.2 Å². The molecule has 0 aromatic heterocycles. The van der Waals surface area contributed by atoms with E-state index in [1.165, 1.54) is 24.3 Å². The summed E-state index contributed by atoms with van der Waals surface area (Å²) in [6.07, 6.45) is -4.46. The zero-order valence-electron chi connectivity index (χ0n) is 10.9. The van der Waals surface area contributed by atoms with Crippen molar-refractivity contribution in [1.29, 1.82) is 0 Å². The Kier molecular flexibility index (Phi) is 4.06. The number of hydrogen-bond donors (Lipinski definition) is 2. The van der Waals surface area contributed by atoms with Gasteiger partial charge < -0.3 is 15.3 Å². The van der Waals surface area contributed by atoms with Crippen LogP contribution >= 0.6 is 0 Å². The van der Waals surface area contributed by atoms with E-state index >= 15 is 0 Å². The molecule has 1 unspecified atom stereocenters. The van der Waals surface area contributed by atoms with Crippen LogP contribution in [-0.4, -0.2) is 40.6 Å². The number of benzene rings is 1. The fraction of sp³-hybridized carbons (Fsp3) is 0.385. The van der Waals surface area contributed by atoms with Crippen molar-refractivity contribution in [3.05, 3.63) is 24.3 Å². The molecule has 1 aromatic rings. The molecule has 2 rings (SSSR count). The maximum Gasteiger partial charge on any atom is 0.471 e. The van der Waals surface area contributed by atoms with Crippen molar-refractivity contribution in [1.82, 2.24) is 4.90 Å². The van der Waals surface area contributed by atoms with Gasteiger partial charge in [-0.15, -0.1) is 0 Å². The van der Waals surface area contributed by atoms with Crippen molar-refractivity contribution < 1.29 is 27.9 Å². The lowest BCUT2D eigenvalue weighted by Crippen LogP contribution is -2.48. The number of anilines is 1. The van der Waals surface area contributed by atoms with E-state index in [1.54, 1.807) is 0 Å². The molecule has 114 valence electrons. The highest BCUT2D eigenvalue weighted by atomic mass is 19.4. The minimum absolute atomic E-state index is 0.00254. The maximum absolute atomic E-state index is 12.5. The molecule has 1 fully saturated rings. The molecule has 0 radical (unpaired) electrons. The number of nitrogens with zero attached hydrogens (tertiary/aromatic N) is 1. The van der Waals surface area contributed by atoms with E-state index in [0.29, 0.717) is 17.0 Å². The van der Waals surface area contributed by atoms with Gasteiger partial charge in [0.05, 0.1) is 0 Å². The lowest BCUT2D eigenvalue weighted by Gasteiger charge is -2.24. The zero-order valence-corrected chi connectivity index (χ0v) is 10.9. The Balaban J connectivity index is 2.07. The van der Waals surface area contributed by atoms with E-state index in [1.807, 2.05) is 0 Å². The fourth-order valence-corrected chi connectivity index (χ4v) is 2.22. The van der Waals surface area contributed by atoms with Gasteiger partial charge in [-0.2, -0.15) is 13.2 Å². The van der Waals surface area contributed by atoms with Gasteiger partial charge in [-0.3, -0.25) is 9.59 Å². The van der Waals surface area contributed by atoms with E-state index in [0.717, 1.165) is 0 Å². The average Bonchev–Trinajstić information content (AvgIpc) is 2.88. The quantitative estimate of drug-likeness (QED) is 0.820. The second kappa shape index (κ2) is 5.63. The van der Waals surface area contributed by atoms with E-state index in [2.05, 4.69) is 5.32 Å². The Morgan fingerprint density at radius 3 is 2.43 bits per heavy atom. The van der Waals surface area contributed by atoms with E-state index < -0.39 is 24.0 Å². The highest BCUT2D eigenvalue weighted by Gasteiger charge is 2.47. The number of alkyl halides is 3. The minimum Gasteiger partial charge on any atom is -0.508 e. The van der Waals surface area contributed by atoms with Crippen LogP contribution in [0.4, 0.5) is 18.9 Å². The molecule has 1 aromatic carbocycles. The van der Waals surface area contributed by atoms with Gasteiger partial charge >= 0.3 is 12.1 Å². The first-order chi connectivity index (χ1) is 9.79. The normalized spacial score (nSPS) is 18.6. The van der Waals surface area contributed by atoms with Crippen LogP contribution in [0.3, 0.4) is 0 Å². The molecule has 1 aliphatic heterocycles. The molecule has 21 heavy (non-hydrogen) atoms. The largest absolute Gasteiger partial charge is 0.508 e. The molecule has 0 spiro atoms. The number of likely N-dealkylation sites (tertiary alicyclic amines) is 1. The Labute approximate surface area is 118 Å². The van der Waals surface area contributed by atoms with E-state index in [-0.39, 0.29) is 18.7 Å². The number of aromatic hydroxyl groups is 1. The van der Waals surface area contributed by atoms with Gasteiger partial charge in [0.1, 0.15) is 11.8 Å². The van der Waals surface area contributed by atoms with Gasteiger partial charge in [-0.1, -0.05) is 0 Å². The summed E-state index contributed by atoms with van der Waals surface area (Å²) in [5, 5.41) is 11.6. The molecule has 0 saturated carbocycles. The number of carbonyl (C=O) groups excluding carboxylic acids is 2. The predicted molar refractivity (Wildman–Crippen MR) is 67.5 cm³/mol. The first-order valence-corrected chi connectivity index (χ1v) is 6.27. The topological polar surface area (TPSA) is 69.6 Å². The first kappa shape index (κ1) is 15.1. The third kappa shape index (κ3) is 3.45. The SMILES string of the molecule is O=C(Nc1ccc(O)cc1)C1CCCN1C(=O)C(F)(F)F. The summed E-state index contributed by atoms with van der Waals surface area (Å²) in [6.45, 7) is -0.0913. The smallest absolute Gasteiger partial charge is 0.471 e. The molecule has 0 aliphatic carbocycles. The van der Waals surface area contributed by atoms with Crippen LogP contribution in [0.5, 0.6) is 5.75 Å². The Hall–Kier alpha value is -2.25. The van der Waals surface area contributed by atoms with Crippen LogP contribution < -0.4 is 5.32 Å². The number of rotatable bonds is 2. The minimum atomic E-state index is -4.98. The van der Waals surface area contributed by atoms with Crippen LogP contribution in [-0.2, 0) is 9.59 Å². The summed E-state index contributed by atoms with van der Waals surface area (Å²) in [6, 6.07) is 4.37. The number of phenols is 1. The molecule has 1 atom stereocenters. The number of halogens is 3. The summed E-state index contributed by atoms with van der Waals surface area (Å²) < 4.78 is 37.4. The standard InChI is InChI=1S/C13H13F3N2O3/c14-13(15,16)12(21)18-7-1-2-10(18)11(20)17-8-3-5-9(19)6-4-8/h3-6,10,19H,1-2,7H2,(H,17,20). The molecule has 2 N–H and O–H groups in total. The summed E-state index contributed by atoms with van der Waals surface area (Å²) in [7, 11) is 0. The second-order valence-corrected chi connectivity index (χ2v) is 4.69. The molecule has 1 aliphatic rings. The van der Waals surface area contributed by atoms with E-state index in [4.69, 9.17) is 5.11 Å². The van der Waals surface area contributed by atoms with Gasteiger partial charge in [0.2, 0.25) is 5.91 Å². The van der Waals surface area contributed by atoms with Crippen molar-refractivity contribution >= 4 is 17.5 Å². The number of carbonyl (C=O) groups is 2. The van der Waals surface area contributed by atoms with Crippen LogP contribution in [0, 0.1) is 0 Å². The summed E-state index contributed by atoms with van der Waals surface area (Å²) in [4.78, 5) is 23.8. The molecule has 1 heterocycles. The predicted octanol–water partition coefficient (Wildman–Crippen LogP) is 1.88. The van der Waals surface area contributed by atoms with Crippen LogP contribution in [0.25, 0.3) is 0 Å². The Bertz CT molecular complexity index is 543. The third-order valence-electron chi connectivity index (χ3n) is 3.19. The lowest BCUT2D eigenvalue weighted by molar-refractivity contribution is -0.186. The second-order valence-electron chi connectivity index (χ2n) is 4.69. The van der Waals surface area contributed by atoms with Crippen molar-refractivity contribution in [2.75, 3.05) is 11.9 Å². The van der Waals surface area contributed by atoms with Crippen molar-refractivity contribution in [3.63, 3.8) is 0 Å². The van der Waals surface area contributed by atoms with Gasteiger partial charge in [-0.25, -0.2) is 0 Å². The Morgan fingerprint density at radius 1 is 1.24 bits per heavy atom. The zero-order chi connectivity index (χ0) is 15.6. The van der Waals surface area contributed by atoms with Crippen LogP contribution in [0.1, 0.15) is 12.8 Å². The summed E-state index contributed by atoms with van der Waals surface area (Å²) in [5.41, 5.74) is 0.337. The molecular weight excluding hydrogens is 289 g/mol. The third-order valence-corrected chi connectivity index (χ3v) is 3.19. The number of nitrogens with one attached hydrogen (secondary N) is 1. The lowest BCUT2D eigenvalue weighted by atomic mass is 10.2. The molecule has 2 amide bonds. The van der Waals surface area contributed by atoms with Gasteiger partial charge in [0.15, 0.2) is 0 Å². The molecular formula is C13H13F3N2O3. The molecule has 1 saturated heterocycles. The average molecular weight is 302 g/mol. The van der Waals surface area contributed by atoms with Crippen LogP contribution in [0.2, 0.25) is 0 Å². The number of amides is 2. The van der Waals surface area contributed by atoms with Crippen LogP contribution in [0.15, 0.2) is 24.3 Å². The van der Waals surface area contributed by atoms with Crippen molar-refractivity contribution in [3.8, 4) is 5.75 Å². The van der Waals surface area contributed by atoms with E-state index in [9.17, 15) is 22.8 Å². The van der Waals surface area contributed by atoms with Gasteiger partial charge in [-0.05, 0) is 37.1 Å². The van der Waals surface area contributed by atoms with Gasteiger partial charge in [0.25, 0.3) is 0 Å². The molecule has 0 bridgehead atoms. The number of phenolic OH excluding ortho intramolecular Hbond substituents is 1. The monoisotopic (exact) mass is 302 g/mol.